The summed E-state index contributed by atoms with van der Waals surface area (Å²) in [4.78, 5) is 27.3. The molecule has 6 nitrogen and oxygen atoms in total. The fourth-order valence-corrected chi connectivity index (χ4v) is 5.25. The van der Waals surface area contributed by atoms with Gasteiger partial charge in [-0.1, -0.05) is 12.1 Å². The van der Waals surface area contributed by atoms with Crippen LogP contribution in [0.1, 0.15) is 30.6 Å². The first-order chi connectivity index (χ1) is 11.8. The van der Waals surface area contributed by atoms with E-state index < -0.39 is 21.9 Å². The van der Waals surface area contributed by atoms with E-state index in [9.17, 15) is 18.0 Å². The predicted molar refractivity (Wildman–Crippen MR) is 97.5 cm³/mol. The van der Waals surface area contributed by atoms with Crippen molar-refractivity contribution in [2.75, 3.05) is 24.3 Å². The maximum Gasteiger partial charge on any atom is 0.340 e. The summed E-state index contributed by atoms with van der Waals surface area (Å²) in [7, 11) is -3.09. The topological polar surface area (TPSA) is 80.8 Å². The van der Waals surface area contributed by atoms with Crippen LogP contribution in [0, 0.1) is 0 Å². The lowest BCUT2D eigenvalue weighted by Gasteiger charge is -2.29. The van der Waals surface area contributed by atoms with Gasteiger partial charge in [-0.3, -0.25) is 4.79 Å². The summed E-state index contributed by atoms with van der Waals surface area (Å²) in [5.41, 5.74) is 0.418. The molecule has 0 aromatic heterocycles. The molecule has 1 aromatic rings. The summed E-state index contributed by atoms with van der Waals surface area (Å²) in [6, 6.07) is 6.70. The van der Waals surface area contributed by atoms with Gasteiger partial charge in [-0.25, -0.2) is 13.2 Å². The Labute approximate surface area is 152 Å². The summed E-state index contributed by atoms with van der Waals surface area (Å²) in [6.07, 6.45) is 1.32. The summed E-state index contributed by atoms with van der Waals surface area (Å²) >= 11 is 1.43. The normalized spacial score (nSPS) is 20.0. The van der Waals surface area contributed by atoms with Crippen molar-refractivity contribution in [2.24, 2.45) is 0 Å². The van der Waals surface area contributed by atoms with Crippen molar-refractivity contribution in [3.63, 3.8) is 0 Å². The van der Waals surface area contributed by atoms with E-state index in [1.807, 2.05) is 18.4 Å². The van der Waals surface area contributed by atoms with Crippen LogP contribution in [0.15, 0.2) is 29.2 Å². The lowest BCUT2D eigenvalue weighted by atomic mass is 10.2. The molecule has 0 saturated carbocycles. The lowest BCUT2D eigenvalue weighted by molar-refractivity contribution is -0.141. The minimum absolute atomic E-state index is 0.0252. The third kappa shape index (κ3) is 4.76. The standard InChI is InChI=1S/C17H23NO5S2/c1-4-18(13-9-10-25(21,22)11-13)16(19)12(2)23-17(20)14-7-5-6-8-15(14)24-3/h5-8,12-13H,4,9-11H2,1-3H3/t12-,13-/m0/s1. The molecule has 138 valence electrons. The van der Waals surface area contributed by atoms with Crippen LogP contribution in [0.4, 0.5) is 0 Å². The first-order valence-corrected chi connectivity index (χ1v) is 11.2. The number of carbonyl (C=O) groups excluding carboxylic acids is 2. The highest BCUT2D eigenvalue weighted by atomic mass is 32.2. The number of rotatable bonds is 6. The van der Waals surface area contributed by atoms with E-state index in [1.54, 1.807) is 19.1 Å². The number of benzene rings is 1. The van der Waals surface area contributed by atoms with E-state index in [0.717, 1.165) is 4.90 Å². The van der Waals surface area contributed by atoms with Crippen molar-refractivity contribution >= 4 is 33.5 Å². The molecule has 1 heterocycles. The number of thioether (sulfide) groups is 1. The van der Waals surface area contributed by atoms with Gasteiger partial charge in [0, 0.05) is 17.5 Å². The first-order valence-electron chi connectivity index (χ1n) is 8.14. The Morgan fingerprint density at radius 1 is 1.36 bits per heavy atom. The second-order valence-electron chi connectivity index (χ2n) is 5.93. The summed E-state index contributed by atoms with van der Waals surface area (Å²) in [5.74, 6) is -0.848. The van der Waals surface area contributed by atoms with Gasteiger partial charge in [0.25, 0.3) is 5.91 Å². The molecule has 2 rings (SSSR count). The first kappa shape index (κ1) is 19.8. The number of hydrogen-bond acceptors (Lipinski definition) is 6. The molecule has 0 N–H and O–H groups in total. The number of esters is 1. The third-order valence-electron chi connectivity index (χ3n) is 4.23. The molecule has 1 fully saturated rings. The number of amides is 1. The largest absolute Gasteiger partial charge is 0.449 e. The molecule has 1 aliphatic heterocycles. The molecule has 0 unspecified atom stereocenters. The van der Waals surface area contributed by atoms with Crippen LogP contribution in [0.2, 0.25) is 0 Å². The van der Waals surface area contributed by atoms with E-state index in [4.69, 9.17) is 4.74 Å². The summed E-state index contributed by atoms with van der Waals surface area (Å²) in [6.45, 7) is 3.69. The van der Waals surface area contributed by atoms with Crippen LogP contribution in [-0.2, 0) is 19.4 Å². The van der Waals surface area contributed by atoms with Crippen LogP contribution in [0.3, 0.4) is 0 Å². The molecule has 25 heavy (non-hydrogen) atoms. The van der Waals surface area contributed by atoms with Crippen molar-refractivity contribution in [3.05, 3.63) is 29.8 Å². The monoisotopic (exact) mass is 385 g/mol. The number of likely N-dealkylation sites (N-methyl/N-ethyl adjacent to an activating group) is 1. The summed E-state index contributed by atoms with van der Waals surface area (Å²) < 4.78 is 28.7. The highest BCUT2D eigenvalue weighted by molar-refractivity contribution is 7.98. The molecule has 1 amide bonds. The van der Waals surface area contributed by atoms with Crippen molar-refractivity contribution < 1.29 is 22.7 Å². The van der Waals surface area contributed by atoms with Gasteiger partial charge in [-0.05, 0) is 38.7 Å². The van der Waals surface area contributed by atoms with Gasteiger partial charge in [0.05, 0.1) is 17.1 Å². The van der Waals surface area contributed by atoms with Crippen molar-refractivity contribution in [1.82, 2.24) is 4.90 Å². The van der Waals surface area contributed by atoms with Gasteiger partial charge in [0.1, 0.15) is 0 Å². The minimum Gasteiger partial charge on any atom is -0.449 e. The quantitative estimate of drug-likeness (QED) is 0.550. The average molecular weight is 386 g/mol. The highest BCUT2D eigenvalue weighted by Gasteiger charge is 2.36. The molecule has 1 saturated heterocycles. The van der Waals surface area contributed by atoms with E-state index in [2.05, 4.69) is 0 Å². The third-order valence-corrected chi connectivity index (χ3v) is 6.78. The zero-order chi connectivity index (χ0) is 18.6. The van der Waals surface area contributed by atoms with Gasteiger partial charge >= 0.3 is 5.97 Å². The van der Waals surface area contributed by atoms with Gasteiger partial charge in [0.15, 0.2) is 15.9 Å². The van der Waals surface area contributed by atoms with Gasteiger partial charge < -0.3 is 9.64 Å². The molecule has 2 atom stereocenters. The Hall–Kier alpha value is -1.54. The van der Waals surface area contributed by atoms with Crippen LogP contribution < -0.4 is 0 Å². The fraction of sp³-hybridized carbons (Fsp3) is 0.529. The Morgan fingerprint density at radius 2 is 2.04 bits per heavy atom. The molecule has 1 aromatic carbocycles. The second-order valence-corrected chi connectivity index (χ2v) is 9.01. The Bertz CT molecular complexity index is 747. The minimum atomic E-state index is -3.09. The zero-order valence-corrected chi connectivity index (χ0v) is 16.2. The molecular weight excluding hydrogens is 362 g/mol. The predicted octanol–water partition coefficient (Wildman–Crippen LogP) is 1.99. The molecule has 0 bridgehead atoms. The van der Waals surface area contributed by atoms with Gasteiger partial charge in [0.2, 0.25) is 0 Å². The second kappa shape index (κ2) is 8.23. The van der Waals surface area contributed by atoms with E-state index in [-0.39, 0.29) is 23.5 Å². The van der Waals surface area contributed by atoms with Crippen LogP contribution in [-0.4, -0.2) is 61.6 Å². The SMILES string of the molecule is CCN(C(=O)[C@H](C)OC(=O)c1ccccc1SC)[C@H]1CCS(=O)(=O)C1. The Kier molecular flexibility index (Phi) is 6.51. The number of nitrogens with zero attached hydrogens (tertiary/aromatic N) is 1. The average Bonchev–Trinajstić information content (AvgIpc) is 2.94. The van der Waals surface area contributed by atoms with Crippen LogP contribution >= 0.6 is 11.8 Å². The van der Waals surface area contributed by atoms with E-state index in [1.165, 1.54) is 23.6 Å². The molecular formula is C17H23NO5S2. The molecule has 1 aliphatic rings. The number of carbonyl (C=O) groups is 2. The van der Waals surface area contributed by atoms with Gasteiger partial charge in [-0.15, -0.1) is 11.8 Å². The maximum absolute atomic E-state index is 12.6. The molecule has 0 aliphatic carbocycles. The van der Waals surface area contributed by atoms with Crippen LogP contribution in [0.25, 0.3) is 0 Å². The fourth-order valence-electron chi connectivity index (χ4n) is 2.94. The number of hydrogen-bond donors (Lipinski definition) is 0. The lowest BCUT2D eigenvalue weighted by Crippen LogP contribution is -2.46. The van der Waals surface area contributed by atoms with E-state index >= 15 is 0 Å². The summed E-state index contributed by atoms with van der Waals surface area (Å²) in [5, 5.41) is 0. The molecule has 8 heteroatoms. The highest BCUT2D eigenvalue weighted by Crippen LogP contribution is 2.22. The smallest absolute Gasteiger partial charge is 0.340 e. The van der Waals surface area contributed by atoms with Crippen molar-refractivity contribution in [1.29, 1.82) is 0 Å². The number of ether oxygens (including phenoxy) is 1. The molecule has 0 radical (unpaired) electrons. The Balaban J connectivity index is 2.07. The van der Waals surface area contributed by atoms with Crippen molar-refractivity contribution in [2.45, 2.75) is 37.3 Å². The number of sulfone groups is 1. The van der Waals surface area contributed by atoms with Gasteiger partial charge in [-0.2, -0.15) is 0 Å². The van der Waals surface area contributed by atoms with Crippen LogP contribution in [0.5, 0.6) is 0 Å². The van der Waals surface area contributed by atoms with Crippen molar-refractivity contribution in [3.8, 4) is 0 Å². The Morgan fingerprint density at radius 3 is 2.60 bits per heavy atom. The maximum atomic E-state index is 12.6. The molecule has 0 spiro atoms. The zero-order valence-electron chi connectivity index (χ0n) is 14.6. The van der Waals surface area contributed by atoms with E-state index in [0.29, 0.717) is 18.5 Å².